The number of carbonyl (C=O) groups is 2. The maximum absolute atomic E-state index is 14.0. The second-order valence-electron chi connectivity index (χ2n) is 9.68. The molecule has 11 heteroatoms. The molecule has 3 aromatic carbocycles. The van der Waals surface area contributed by atoms with Gasteiger partial charge in [-0.15, -0.1) is 0 Å². The van der Waals surface area contributed by atoms with Gasteiger partial charge < -0.3 is 10.2 Å². The summed E-state index contributed by atoms with van der Waals surface area (Å²) < 4.78 is 28.6. The molecule has 1 fully saturated rings. The van der Waals surface area contributed by atoms with E-state index >= 15 is 0 Å². The second kappa shape index (κ2) is 13.3. The van der Waals surface area contributed by atoms with Crippen molar-refractivity contribution in [1.29, 1.82) is 0 Å². The van der Waals surface area contributed by atoms with Crippen LogP contribution in [0, 0.1) is 0 Å². The van der Waals surface area contributed by atoms with E-state index in [2.05, 4.69) is 5.32 Å². The van der Waals surface area contributed by atoms with Crippen molar-refractivity contribution in [3.8, 4) is 0 Å². The zero-order valence-electron chi connectivity index (χ0n) is 21.9. The molecule has 7 nitrogen and oxygen atoms in total. The Morgan fingerprint density at radius 2 is 1.52 bits per heavy atom. The lowest BCUT2D eigenvalue weighted by Crippen LogP contribution is -2.52. The van der Waals surface area contributed by atoms with Crippen LogP contribution < -0.4 is 9.62 Å². The second-order valence-corrected chi connectivity index (χ2v) is 12.7. The predicted molar refractivity (Wildman–Crippen MR) is 159 cm³/mol. The van der Waals surface area contributed by atoms with Crippen molar-refractivity contribution in [3.05, 3.63) is 93.4 Å². The Kier molecular flexibility index (Phi) is 10.0. The van der Waals surface area contributed by atoms with Gasteiger partial charge in [-0.05, 0) is 55.7 Å². The van der Waals surface area contributed by atoms with Crippen LogP contribution in [0.5, 0.6) is 0 Å². The highest BCUT2D eigenvalue weighted by Gasteiger charge is 2.34. The van der Waals surface area contributed by atoms with Gasteiger partial charge >= 0.3 is 0 Å². The third kappa shape index (κ3) is 6.92. The molecule has 0 aliphatic heterocycles. The standard InChI is InChI=1S/C29H30Cl3N3O4S/c1-20(29(37)33-22-11-6-7-12-22)34(18-21-10-5-8-15-24(21)30)27(36)19-35(26-17-9-16-25(31)28(26)32)40(38,39)23-13-3-2-4-14-23/h2-5,8-10,13-17,20,22H,6-7,11-12,18-19H2,1H3,(H,33,37)/t20-/m1/s1. The maximum Gasteiger partial charge on any atom is 0.264 e. The van der Waals surface area contributed by atoms with Crippen LogP contribution in [0.15, 0.2) is 77.7 Å². The van der Waals surface area contributed by atoms with Crippen molar-refractivity contribution in [2.75, 3.05) is 10.8 Å². The molecular formula is C29H30Cl3N3O4S. The van der Waals surface area contributed by atoms with Crippen LogP contribution in [0.2, 0.25) is 15.1 Å². The fraction of sp³-hybridized carbons (Fsp3) is 0.310. The first-order valence-corrected chi connectivity index (χ1v) is 15.5. The molecular weight excluding hydrogens is 593 g/mol. The molecule has 2 amide bonds. The number of halogens is 3. The number of benzene rings is 3. The number of carbonyl (C=O) groups excluding carboxylic acids is 2. The van der Waals surface area contributed by atoms with Gasteiger partial charge in [0.15, 0.2) is 0 Å². The summed E-state index contributed by atoms with van der Waals surface area (Å²) in [4.78, 5) is 28.6. The van der Waals surface area contributed by atoms with Crippen molar-refractivity contribution in [1.82, 2.24) is 10.2 Å². The van der Waals surface area contributed by atoms with Crippen molar-refractivity contribution in [2.45, 2.75) is 56.1 Å². The predicted octanol–water partition coefficient (Wildman–Crippen LogP) is 6.32. The minimum atomic E-state index is -4.25. The maximum atomic E-state index is 14.0. The number of rotatable bonds is 10. The zero-order valence-corrected chi connectivity index (χ0v) is 25.0. The van der Waals surface area contributed by atoms with E-state index < -0.39 is 28.5 Å². The molecule has 3 aromatic rings. The van der Waals surface area contributed by atoms with Crippen LogP contribution in [0.4, 0.5) is 5.69 Å². The van der Waals surface area contributed by atoms with E-state index in [4.69, 9.17) is 34.8 Å². The highest BCUT2D eigenvalue weighted by Crippen LogP contribution is 2.35. The third-order valence-corrected chi connectivity index (χ3v) is 9.93. The summed E-state index contributed by atoms with van der Waals surface area (Å²) in [6, 6.07) is 18.5. The number of anilines is 1. The molecule has 1 N–H and O–H groups in total. The first-order chi connectivity index (χ1) is 19.1. The van der Waals surface area contributed by atoms with E-state index in [0.717, 1.165) is 30.0 Å². The van der Waals surface area contributed by atoms with Crippen LogP contribution in [0.3, 0.4) is 0 Å². The molecule has 0 saturated heterocycles. The largest absolute Gasteiger partial charge is 0.352 e. The number of hydrogen-bond donors (Lipinski definition) is 1. The molecule has 0 heterocycles. The quantitative estimate of drug-likeness (QED) is 0.287. The van der Waals surface area contributed by atoms with Crippen molar-refractivity contribution in [3.63, 3.8) is 0 Å². The van der Waals surface area contributed by atoms with Crippen molar-refractivity contribution in [2.24, 2.45) is 0 Å². The number of amides is 2. The van der Waals surface area contributed by atoms with Crippen LogP contribution in [-0.2, 0) is 26.2 Å². The number of sulfonamides is 1. The van der Waals surface area contributed by atoms with Crippen molar-refractivity contribution >= 4 is 62.3 Å². The monoisotopic (exact) mass is 621 g/mol. The lowest BCUT2D eigenvalue weighted by molar-refractivity contribution is -0.139. The van der Waals surface area contributed by atoms with Gasteiger partial charge in [-0.1, -0.05) is 90.1 Å². The average Bonchev–Trinajstić information content (AvgIpc) is 3.46. The van der Waals surface area contributed by atoms with Gasteiger partial charge in [0.1, 0.15) is 12.6 Å². The van der Waals surface area contributed by atoms with Gasteiger partial charge in [0.05, 0.1) is 20.6 Å². The summed E-state index contributed by atoms with van der Waals surface area (Å²) in [5, 5.41) is 3.59. The minimum absolute atomic E-state index is 0.000261. The number of nitrogens with zero attached hydrogens (tertiary/aromatic N) is 2. The van der Waals surface area contributed by atoms with E-state index in [1.165, 1.54) is 29.2 Å². The summed E-state index contributed by atoms with van der Waals surface area (Å²) in [7, 11) is -4.25. The Bertz CT molecular complexity index is 1460. The Hall–Kier alpha value is -2.78. The smallest absolute Gasteiger partial charge is 0.264 e. The number of hydrogen-bond acceptors (Lipinski definition) is 4. The SMILES string of the molecule is C[C@H](C(=O)NC1CCCC1)N(Cc1ccccc1Cl)C(=O)CN(c1cccc(Cl)c1Cl)S(=O)(=O)c1ccccc1. The topological polar surface area (TPSA) is 86.8 Å². The highest BCUT2D eigenvalue weighted by atomic mass is 35.5. The third-order valence-electron chi connectivity index (χ3n) is 6.98. The Labute approximate surface area is 250 Å². The lowest BCUT2D eigenvalue weighted by atomic mass is 10.1. The molecule has 4 rings (SSSR count). The Morgan fingerprint density at radius 1 is 0.900 bits per heavy atom. The Morgan fingerprint density at radius 3 is 2.20 bits per heavy atom. The molecule has 40 heavy (non-hydrogen) atoms. The van der Waals surface area contributed by atoms with Gasteiger partial charge in [0.25, 0.3) is 10.0 Å². The first kappa shape index (κ1) is 30.2. The molecule has 1 atom stereocenters. The summed E-state index contributed by atoms with van der Waals surface area (Å²) in [5.74, 6) is -0.921. The highest BCUT2D eigenvalue weighted by molar-refractivity contribution is 7.92. The van der Waals surface area contributed by atoms with E-state index in [1.807, 2.05) is 0 Å². The van der Waals surface area contributed by atoms with E-state index in [1.54, 1.807) is 55.5 Å². The fourth-order valence-corrected chi connectivity index (χ4v) is 6.79. The molecule has 1 saturated carbocycles. The van der Waals surface area contributed by atoms with Gasteiger partial charge in [-0.2, -0.15) is 0 Å². The minimum Gasteiger partial charge on any atom is -0.352 e. The summed E-state index contributed by atoms with van der Waals surface area (Å²) >= 11 is 19.1. The van der Waals surface area contributed by atoms with Crippen LogP contribution >= 0.6 is 34.8 Å². The van der Waals surface area contributed by atoms with Gasteiger partial charge in [-0.25, -0.2) is 8.42 Å². The summed E-state index contributed by atoms with van der Waals surface area (Å²) in [5.41, 5.74) is 0.670. The molecule has 0 bridgehead atoms. The molecule has 0 spiro atoms. The molecule has 0 radical (unpaired) electrons. The molecule has 0 aromatic heterocycles. The van der Waals surface area contributed by atoms with Crippen molar-refractivity contribution < 1.29 is 18.0 Å². The molecule has 0 unspecified atom stereocenters. The zero-order chi connectivity index (χ0) is 28.9. The van der Waals surface area contributed by atoms with E-state index in [0.29, 0.717) is 10.6 Å². The lowest BCUT2D eigenvalue weighted by Gasteiger charge is -2.33. The summed E-state index contributed by atoms with van der Waals surface area (Å²) in [6.07, 6.45) is 3.84. The normalized spacial score (nSPS) is 14.5. The van der Waals surface area contributed by atoms with Gasteiger partial charge in [0, 0.05) is 17.6 Å². The van der Waals surface area contributed by atoms with Gasteiger partial charge in [0.2, 0.25) is 11.8 Å². The summed E-state index contributed by atoms with van der Waals surface area (Å²) in [6.45, 7) is 1.00. The Balaban J connectivity index is 1.72. The fourth-order valence-electron chi connectivity index (χ4n) is 4.70. The van der Waals surface area contributed by atoms with Crippen LogP contribution in [-0.4, -0.2) is 43.8 Å². The molecule has 212 valence electrons. The van der Waals surface area contributed by atoms with Crippen LogP contribution in [0.1, 0.15) is 38.2 Å². The van der Waals surface area contributed by atoms with Gasteiger partial charge in [-0.3, -0.25) is 13.9 Å². The molecule has 1 aliphatic carbocycles. The first-order valence-electron chi connectivity index (χ1n) is 12.9. The van der Waals surface area contributed by atoms with Crippen LogP contribution in [0.25, 0.3) is 0 Å². The molecule has 1 aliphatic rings. The average molecular weight is 623 g/mol. The van der Waals surface area contributed by atoms with E-state index in [-0.39, 0.29) is 39.1 Å². The number of nitrogens with one attached hydrogen (secondary N) is 1. The van der Waals surface area contributed by atoms with E-state index in [9.17, 15) is 18.0 Å².